The van der Waals surface area contributed by atoms with E-state index in [1.54, 1.807) is 6.92 Å². The van der Waals surface area contributed by atoms with Crippen LogP contribution < -0.4 is 5.32 Å². The maximum absolute atomic E-state index is 11.3. The van der Waals surface area contributed by atoms with Gasteiger partial charge < -0.3 is 10.4 Å². The van der Waals surface area contributed by atoms with E-state index in [0.29, 0.717) is 11.0 Å². The second-order valence-electron chi connectivity index (χ2n) is 4.51. The van der Waals surface area contributed by atoms with E-state index in [9.17, 15) is 9.90 Å². The number of nitrogens with zero attached hydrogens (tertiary/aromatic N) is 2. The van der Waals surface area contributed by atoms with Crippen LogP contribution in [0.5, 0.6) is 0 Å². The van der Waals surface area contributed by atoms with E-state index in [1.807, 2.05) is 0 Å². The lowest BCUT2D eigenvalue weighted by Gasteiger charge is -2.27. The Hall–Kier alpha value is -1.17. The predicted octanol–water partition coefficient (Wildman–Crippen LogP) is 2.29. The van der Waals surface area contributed by atoms with E-state index < -0.39 is 12.0 Å². The van der Waals surface area contributed by atoms with Crippen molar-refractivity contribution in [2.45, 2.75) is 45.1 Å². The number of nitrogens with one attached hydrogen (secondary N) is 1. The van der Waals surface area contributed by atoms with Crippen molar-refractivity contribution >= 4 is 22.6 Å². The molecule has 1 aliphatic carbocycles. The van der Waals surface area contributed by atoms with Crippen molar-refractivity contribution in [1.29, 1.82) is 0 Å². The fourth-order valence-corrected chi connectivity index (χ4v) is 2.95. The molecule has 1 atom stereocenters. The number of rotatable bonds is 4. The van der Waals surface area contributed by atoms with Gasteiger partial charge in [0.05, 0.1) is 0 Å². The van der Waals surface area contributed by atoms with Crippen LogP contribution in [0.25, 0.3) is 0 Å². The molecule has 1 saturated carbocycles. The van der Waals surface area contributed by atoms with Crippen molar-refractivity contribution in [3.05, 3.63) is 5.82 Å². The first-order valence-electron chi connectivity index (χ1n) is 5.96. The number of carboxylic acids is 1. The minimum absolute atomic E-state index is 0.213. The minimum Gasteiger partial charge on any atom is -0.480 e. The monoisotopic (exact) mass is 255 g/mol. The molecule has 0 saturated heterocycles. The SMILES string of the molecule is Cc1nsc(NC(C(=O)O)C2CCCCC2)n1. The molecule has 5 nitrogen and oxygen atoms in total. The van der Waals surface area contributed by atoms with Gasteiger partial charge in [-0.2, -0.15) is 4.37 Å². The smallest absolute Gasteiger partial charge is 0.326 e. The summed E-state index contributed by atoms with van der Waals surface area (Å²) in [7, 11) is 0. The van der Waals surface area contributed by atoms with Crippen LogP contribution in [-0.2, 0) is 4.79 Å². The molecule has 2 rings (SSSR count). The van der Waals surface area contributed by atoms with Gasteiger partial charge in [-0.1, -0.05) is 19.3 Å². The molecule has 1 unspecified atom stereocenters. The van der Waals surface area contributed by atoms with Gasteiger partial charge in [0.25, 0.3) is 0 Å². The normalized spacial score (nSPS) is 18.9. The Morgan fingerprint density at radius 3 is 2.71 bits per heavy atom. The quantitative estimate of drug-likeness (QED) is 0.863. The number of hydrogen-bond acceptors (Lipinski definition) is 5. The highest BCUT2D eigenvalue weighted by molar-refractivity contribution is 7.09. The molecule has 0 aliphatic heterocycles. The molecular formula is C11H17N3O2S. The van der Waals surface area contributed by atoms with Crippen LogP contribution in [0.3, 0.4) is 0 Å². The number of hydrogen-bond donors (Lipinski definition) is 2. The maximum Gasteiger partial charge on any atom is 0.326 e. The van der Waals surface area contributed by atoms with Gasteiger partial charge in [0.1, 0.15) is 11.9 Å². The van der Waals surface area contributed by atoms with Crippen molar-refractivity contribution in [2.75, 3.05) is 5.32 Å². The molecule has 0 aromatic carbocycles. The zero-order chi connectivity index (χ0) is 12.3. The molecule has 1 fully saturated rings. The van der Waals surface area contributed by atoms with Crippen LogP contribution in [0, 0.1) is 12.8 Å². The Morgan fingerprint density at radius 1 is 1.47 bits per heavy atom. The van der Waals surface area contributed by atoms with Gasteiger partial charge in [0, 0.05) is 11.5 Å². The second kappa shape index (κ2) is 5.44. The largest absolute Gasteiger partial charge is 0.480 e. The van der Waals surface area contributed by atoms with E-state index in [0.717, 1.165) is 25.7 Å². The molecule has 1 aromatic rings. The van der Waals surface area contributed by atoms with Crippen LogP contribution in [0.2, 0.25) is 0 Å². The van der Waals surface area contributed by atoms with Gasteiger partial charge in [0.2, 0.25) is 5.13 Å². The van der Waals surface area contributed by atoms with Gasteiger partial charge in [-0.3, -0.25) is 0 Å². The topological polar surface area (TPSA) is 75.1 Å². The van der Waals surface area contributed by atoms with Crippen molar-refractivity contribution in [3.63, 3.8) is 0 Å². The molecule has 17 heavy (non-hydrogen) atoms. The number of anilines is 1. The van der Waals surface area contributed by atoms with Gasteiger partial charge >= 0.3 is 5.97 Å². The lowest BCUT2D eigenvalue weighted by molar-refractivity contribution is -0.139. The van der Waals surface area contributed by atoms with Crippen molar-refractivity contribution < 1.29 is 9.90 Å². The number of aliphatic carboxylic acids is 1. The highest BCUT2D eigenvalue weighted by Crippen LogP contribution is 2.28. The lowest BCUT2D eigenvalue weighted by atomic mass is 9.84. The summed E-state index contributed by atoms with van der Waals surface area (Å²) in [4.78, 5) is 15.5. The molecule has 0 amide bonds. The highest BCUT2D eigenvalue weighted by atomic mass is 32.1. The summed E-state index contributed by atoms with van der Waals surface area (Å²) in [5, 5.41) is 12.9. The van der Waals surface area contributed by atoms with Crippen LogP contribution in [0.4, 0.5) is 5.13 Å². The van der Waals surface area contributed by atoms with E-state index in [-0.39, 0.29) is 5.92 Å². The van der Waals surface area contributed by atoms with Crippen molar-refractivity contribution in [3.8, 4) is 0 Å². The van der Waals surface area contributed by atoms with Gasteiger partial charge in [-0.15, -0.1) is 0 Å². The van der Waals surface area contributed by atoms with Gasteiger partial charge in [-0.25, -0.2) is 9.78 Å². The minimum atomic E-state index is -0.787. The van der Waals surface area contributed by atoms with Crippen LogP contribution in [0.1, 0.15) is 37.9 Å². The number of aromatic nitrogens is 2. The van der Waals surface area contributed by atoms with E-state index >= 15 is 0 Å². The molecule has 0 spiro atoms. The van der Waals surface area contributed by atoms with Crippen molar-refractivity contribution in [1.82, 2.24) is 9.36 Å². The second-order valence-corrected chi connectivity index (χ2v) is 5.26. The molecule has 1 heterocycles. The summed E-state index contributed by atoms with van der Waals surface area (Å²) >= 11 is 1.22. The predicted molar refractivity (Wildman–Crippen MR) is 66.3 cm³/mol. The van der Waals surface area contributed by atoms with E-state index in [4.69, 9.17) is 0 Å². The molecule has 0 radical (unpaired) electrons. The molecular weight excluding hydrogens is 238 g/mol. The first kappa shape index (κ1) is 12.3. The summed E-state index contributed by atoms with van der Waals surface area (Å²) < 4.78 is 4.05. The maximum atomic E-state index is 11.3. The van der Waals surface area contributed by atoms with Gasteiger partial charge in [-0.05, 0) is 25.7 Å². The van der Waals surface area contributed by atoms with Crippen molar-refractivity contribution in [2.24, 2.45) is 5.92 Å². The number of carboxylic acid groups (broad SMARTS) is 1. The standard InChI is InChI=1S/C11H17N3O2S/c1-7-12-11(17-14-7)13-9(10(15)16)8-5-3-2-4-6-8/h8-9H,2-6H2,1H3,(H,15,16)(H,12,13,14). The lowest BCUT2D eigenvalue weighted by Crippen LogP contribution is -2.37. The average Bonchev–Trinajstić information content (AvgIpc) is 2.73. The first-order valence-corrected chi connectivity index (χ1v) is 6.74. The van der Waals surface area contributed by atoms with Crippen LogP contribution in [-0.4, -0.2) is 26.5 Å². The molecule has 2 N–H and O–H groups in total. The third kappa shape index (κ3) is 3.15. The van der Waals surface area contributed by atoms with E-state index in [2.05, 4.69) is 14.7 Å². The fraction of sp³-hybridized carbons (Fsp3) is 0.727. The summed E-state index contributed by atoms with van der Waals surface area (Å²) in [5.74, 6) is 0.112. The highest BCUT2D eigenvalue weighted by Gasteiger charge is 2.29. The average molecular weight is 255 g/mol. The summed E-state index contributed by atoms with van der Waals surface area (Å²) in [6, 6.07) is -0.525. The third-order valence-electron chi connectivity index (χ3n) is 3.19. The summed E-state index contributed by atoms with van der Waals surface area (Å²) in [6.07, 6.45) is 5.46. The third-order valence-corrected chi connectivity index (χ3v) is 3.93. The summed E-state index contributed by atoms with van der Waals surface area (Å²) in [6.45, 7) is 1.80. The summed E-state index contributed by atoms with van der Waals surface area (Å²) in [5.41, 5.74) is 0. The van der Waals surface area contributed by atoms with Gasteiger partial charge in [0.15, 0.2) is 0 Å². The molecule has 1 aliphatic rings. The van der Waals surface area contributed by atoms with E-state index in [1.165, 1.54) is 18.0 Å². The van der Waals surface area contributed by atoms with Crippen LogP contribution in [0.15, 0.2) is 0 Å². The molecule has 94 valence electrons. The fourth-order valence-electron chi connectivity index (χ4n) is 2.34. The Bertz CT molecular complexity index is 388. The number of carbonyl (C=O) groups is 1. The Morgan fingerprint density at radius 2 is 2.18 bits per heavy atom. The molecule has 6 heteroatoms. The zero-order valence-corrected chi connectivity index (χ0v) is 10.7. The van der Waals surface area contributed by atoms with Crippen LogP contribution >= 0.6 is 11.5 Å². The Labute approximate surface area is 104 Å². The number of aryl methyl sites for hydroxylation is 1. The Balaban J connectivity index is 2.03. The molecule has 0 bridgehead atoms. The first-order chi connectivity index (χ1) is 8.16. The Kier molecular flexibility index (Phi) is 3.93. The zero-order valence-electron chi connectivity index (χ0n) is 9.85. The molecule has 1 aromatic heterocycles.